The average Bonchev–Trinajstić information content (AvgIpc) is 2.52. The first-order chi connectivity index (χ1) is 7.50. The molecule has 4 atom stereocenters. The van der Waals surface area contributed by atoms with E-state index in [1.165, 1.54) is 6.08 Å². The molecule has 4 heteroatoms. The molecule has 2 heterocycles. The van der Waals surface area contributed by atoms with Crippen molar-refractivity contribution in [2.45, 2.75) is 44.1 Å². The van der Waals surface area contributed by atoms with E-state index in [9.17, 15) is 15.0 Å². The summed E-state index contributed by atoms with van der Waals surface area (Å²) in [6.45, 7) is 3.67. The van der Waals surface area contributed by atoms with E-state index in [0.29, 0.717) is 6.42 Å². The number of piperidine rings is 1. The first-order valence-corrected chi connectivity index (χ1v) is 5.52. The number of aliphatic hydroxyl groups excluding tert-OH is 2. The van der Waals surface area contributed by atoms with Crippen LogP contribution in [-0.4, -0.2) is 44.8 Å². The first kappa shape index (κ1) is 11.4. The van der Waals surface area contributed by atoms with Crippen molar-refractivity contribution in [3.63, 3.8) is 0 Å². The zero-order valence-electron chi connectivity index (χ0n) is 9.50. The van der Waals surface area contributed by atoms with Crippen LogP contribution in [0, 0.1) is 0 Å². The van der Waals surface area contributed by atoms with Gasteiger partial charge >= 0.3 is 0 Å². The van der Waals surface area contributed by atoms with E-state index in [1.807, 2.05) is 19.9 Å². The van der Waals surface area contributed by atoms with Crippen molar-refractivity contribution in [2.24, 2.45) is 0 Å². The molecular weight excluding hydrogens is 206 g/mol. The normalized spacial score (nSPS) is 43.1. The van der Waals surface area contributed by atoms with E-state index in [0.717, 1.165) is 0 Å². The maximum atomic E-state index is 11.8. The average molecular weight is 223 g/mol. The molecule has 4 nitrogen and oxygen atoms in total. The largest absolute Gasteiger partial charge is 0.391 e. The molecule has 0 aliphatic carbocycles. The molecule has 0 spiro atoms. The van der Waals surface area contributed by atoms with E-state index in [4.69, 9.17) is 0 Å². The van der Waals surface area contributed by atoms with Gasteiger partial charge in [-0.25, -0.2) is 0 Å². The monoisotopic (exact) mass is 223 g/mol. The fourth-order valence-corrected chi connectivity index (χ4v) is 2.57. The molecule has 2 N–H and O–H groups in total. The number of amides is 1. The lowest BCUT2D eigenvalue weighted by molar-refractivity contribution is -0.147. The van der Waals surface area contributed by atoms with Crippen LogP contribution in [0.1, 0.15) is 20.3 Å². The van der Waals surface area contributed by atoms with Gasteiger partial charge in [0.2, 0.25) is 5.91 Å². The van der Waals surface area contributed by atoms with Crippen molar-refractivity contribution < 1.29 is 15.0 Å². The van der Waals surface area contributed by atoms with E-state index in [1.54, 1.807) is 17.1 Å². The molecule has 0 radical (unpaired) electrons. The second-order valence-corrected chi connectivity index (χ2v) is 4.60. The third-order valence-corrected chi connectivity index (χ3v) is 3.54. The molecule has 1 amide bonds. The second kappa shape index (κ2) is 3.71. The van der Waals surface area contributed by atoms with Gasteiger partial charge in [0.05, 0.1) is 23.8 Å². The fraction of sp³-hybridized carbons (Fsp3) is 0.583. The molecule has 0 aromatic carbocycles. The predicted octanol–water partition coefficient (Wildman–Crippen LogP) is 0.214. The molecule has 2 aliphatic heterocycles. The predicted molar refractivity (Wildman–Crippen MR) is 59.6 cm³/mol. The maximum absolute atomic E-state index is 11.8. The van der Waals surface area contributed by atoms with E-state index in [-0.39, 0.29) is 11.9 Å². The highest BCUT2D eigenvalue weighted by Gasteiger charge is 2.51. The van der Waals surface area contributed by atoms with Crippen LogP contribution in [0.5, 0.6) is 0 Å². The Morgan fingerprint density at radius 3 is 2.88 bits per heavy atom. The fourth-order valence-electron chi connectivity index (χ4n) is 2.57. The van der Waals surface area contributed by atoms with Gasteiger partial charge in [0, 0.05) is 12.5 Å². The van der Waals surface area contributed by atoms with Crippen LogP contribution in [-0.2, 0) is 4.79 Å². The summed E-state index contributed by atoms with van der Waals surface area (Å²) in [5, 5.41) is 19.9. The molecule has 1 saturated heterocycles. The van der Waals surface area contributed by atoms with Gasteiger partial charge in [-0.3, -0.25) is 4.79 Å². The van der Waals surface area contributed by atoms with E-state index < -0.39 is 17.7 Å². The summed E-state index contributed by atoms with van der Waals surface area (Å²) in [6.07, 6.45) is 5.69. The third-order valence-electron chi connectivity index (χ3n) is 3.54. The molecule has 0 bridgehead atoms. The molecule has 2 rings (SSSR count). The Bertz CT molecular complexity index is 363. The second-order valence-electron chi connectivity index (χ2n) is 4.60. The Hall–Kier alpha value is -1.13. The highest BCUT2D eigenvalue weighted by atomic mass is 16.3. The summed E-state index contributed by atoms with van der Waals surface area (Å²) in [5.41, 5.74) is -0.680. The minimum atomic E-state index is -0.716. The lowest BCUT2D eigenvalue weighted by atomic mass is 9.82. The molecule has 1 fully saturated rings. The summed E-state index contributed by atoms with van der Waals surface area (Å²) in [5.74, 6) is -0.150. The molecule has 16 heavy (non-hydrogen) atoms. The van der Waals surface area contributed by atoms with Gasteiger partial charge in [-0.15, -0.1) is 0 Å². The highest BCUT2D eigenvalue weighted by Crippen LogP contribution is 2.37. The molecule has 0 aromatic rings. The Balaban J connectivity index is 2.39. The summed E-state index contributed by atoms with van der Waals surface area (Å²) >= 11 is 0. The number of fused-ring (bicyclic) bond motifs is 1. The Labute approximate surface area is 94.9 Å². The van der Waals surface area contributed by atoms with Gasteiger partial charge in [-0.2, -0.15) is 0 Å². The first-order valence-electron chi connectivity index (χ1n) is 5.52. The van der Waals surface area contributed by atoms with Crippen molar-refractivity contribution in [1.29, 1.82) is 0 Å². The van der Waals surface area contributed by atoms with Crippen LogP contribution in [0.3, 0.4) is 0 Å². The Morgan fingerprint density at radius 1 is 1.56 bits per heavy atom. The van der Waals surface area contributed by atoms with Gasteiger partial charge < -0.3 is 15.1 Å². The van der Waals surface area contributed by atoms with Crippen molar-refractivity contribution >= 4 is 5.91 Å². The zero-order chi connectivity index (χ0) is 11.9. The number of rotatable bonds is 1. The maximum Gasteiger partial charge on any atom is 0.247 e. The van der Waals surface area contributed by atoms with Crippen molar-refractivity contribution in [2.75, 3.05) is 0 Å². The minimum Gasteiger partial charge on any atom is -0.391 e. The molecule has 0 saturated carbocycles. The van der Waals surface area contributed by atoms with Gasteiger partial charge in [0.15, 0.2) is 0 Å². The lowest BCUT2D eigenvalue weighted by Gasteiger charge is -2.49. The van der Waals surface area contributed by atoms with Crippen LogP contribution < -0.4 is 0 Å². The van der Waals surface area contributed by atoms with Gasteiger partial charge in [-0.1, -0.05) is 18.2 Å². The van der Waals surface area contributed by atoms with Crippen LogP contribution in [0.15, 0.2) is 24.3 Å². The minimum absolute atomic E-state index is 0.150. The van der Waals surface area contributed by atoms with Crippen molar-refractivity contribution in [3.8, 4) is 0 Å². The molecular formula is C12H17NO3. The van der Waals surface area contributed by atoms with Crippen LogP contribution in [0.4, 0.5) is 0 Å². The van der Waals surface area contributed by atoms with Crippen molar-refractivity contribution in [1.82, 2.24) is 4.90 Å². The summed E-state index contributed by atoms with van der Waals surface area (Å²) < 4.78 is 0. The SMILES string of the molecule is C/C=C/C1C(O)CC(O)C2(C)C=CC(=O)N12. The number of allylic oxidation sites excluding steroid dienone is 1. The molecule has 0 aromatic heterocycles. The van der Waals surface area contributed by atoms with E-state index in [2.05, 4.69) is 0 Å². The number of hydrogen-bond acceptors (Lipinski definition) is 3. The number of hydrogen-bond donors (Lipinski definition) is 2. The standard InChI is InChI=1S/C12H17NO3/c1-3-4-8-9(14)7-10(15)12(2)6-5-11(16)13(8)12/h3-6,8-10,14-15H,7H2,1-2H3/b4-3+. The third kappa shape index (κ3) is 1.41. The Morgan fingerprint density at radius 2 is 2.25 bits per heavy atom. The van der Waals surface area contributed by atoms with Crippen molar-refractivity contribution in [3.05, 3.63) is 24.3 Å². The Kier molecular flexibility index (Phi) is 2.64. The number of nitrogens with zero attached hydrogens (tertiary/aromatic N) is 1. The van der Waals surface area contributed by atoms with Crippen LogP contribution in [0.25, 0.3) is 0 Å². The van der Waals surface area contributed by atoms with Gasteiger partial charge in [0.1, 0.15) is 0 Å². The zero-order valence-corrected chi connectivity index (χ0v) is 9.50. The molecule has 4 unspecified atom stereocenters. The molecule has 2 aliphatic rings. The number of aliphatic hydroxyl groups is 2. The van der Waals surface area contributed by atoms with Gasteiger partial charge in [-0.05, 0) is 13.8 Å². The number of carbonyl (C=O) groups is 1. The summed E-state index contributed by atoms with van der Waals surface area (Å²) in [4.78, 5) is 13.3. The summed E-state index contributed by atoms with van der Waals surface area (Å²) in [7, 11) is 0. The quantitative estimate of drug-likeness (QED) is 0.625. The smallest absolute Gasteiger partial charge is 0.247 e. The van der Waals surface area contributed by atoms with E-state index >= 15 is 0 Å². The van der Waals surface area contributed by atoms with Crippen LogP contribution in [0.2, 0.25) is 0 Å². The summed E-state index contributed by atoms with van der Waals surface area (Å²) in [6, 6.07) is -0.346. The van der Waals surface area contributed by atoms with Gasteiger partial charge in [0.25, 0.3) is 0 Å². The number of carbonyl (C=O) groups excluding carboxylic acids is 1. The topological polar surface area (TPSA) is 60.8 Å². The van der Waals surface area contributed by atoms with Crippen LogP contribution >= 0.6 is 0 Å². The highest BCUT2D eigenvalue weighted by molar-refractivity contribution is 5.92. The molecule has 88 valence electrons. The lowest BCUT2D eigenvalue weighted by Crippen LogP contribution is -2.64.